The monoisotopic (exact) mass is 404 g/mol. The van der Waals surface area contributed by atoms with Crippen molar-refractivity contribution in [3.8, 4) is 6.07 Å². The Balaban J connectivity index is 0.000000450. The van der Waals surface area contributed by atoms with Crippen molar-refractivity contribution >= 4 is 46.1 Å². The Morgan fingerprint density at radius 2 is 1.84 bits per heavy atom. The van der Waals surface area contributed by atoms with E-state index < -0.39 is 26.8 Å². The molecule has 0 amide bonds. The first kappa shape index (κ1) is 21.4. The summed E-state index contributed by atoms with van der Waals surface area (Å²) < 4.78 is 11.6. The van der Waals surface area contributed by atoms with Crippen LogP contribution in [-0.2, 0) is 24.5 Å². The van der Waals surface area contributed by atoms with Gasteiger partial charge in [0.1, 0.15) is 0 Å². The van der Waals surface area contributed by atoms with Crippen LogP contribution in [0.25, 0.3) is 0 Å². The van der Waals surface area contributed by atoms with E-state index in [0.29, 0.717) is 10.8 Å². The molecule has 0 spiro atoms. The summed E-state index contributed by atoms with van der Waals surface area (Å²) in [5.41, 5.74) is 0.778. The number of thioether (sulfide) groups is 1. The van der Waals surface area contributed by atoms with E-state index in [1.54, 1.807) is 24.3 Å². The molecular formula is C15H17ClN2O5S2. The molecule has 1 aliphatic rings. The average Bonchev–Trinajstić information content (AvgIpc) is 2.56. The Labute approximate surface area is 157 Å². The highest BCUT2D eigenvalue weighted by molar-refractivity contribution is 8.12. The van der Waals surface area contributed by atoms with Gasteiger partial charge in [-0.3, -0.25) is 4.21 Å². The van der Waals surface area contributed by atoms with Gasteiger partial charge in [-0.25, -0.2) is 9.59 Å². The number of nitriles is 1. The minimum atomic E-state index is -1.82. The molecule has 3 atom stereocenters. The zero-order valence-corrected chi connectivity index (χ0v) is 15.9. The van der Waals surface area contributed by atoms with Gasteiger partial charge in [0.25, 0.3) is 0 Å². The highest BCUT2D eigenvalue weighted by Gasteiger charge is 2.45. The standard InChI is InChI=1S/C13H15ClN2OS2.C2H2O4/c1-16(2)12-7-18-13(9-15,19(17)8-12)10-3-5-11(14)6-4-10;3-1(4)2(5)6/h3-6,12H,7-8H2,1-2H3;(H,3,4)(H,5,6). The molecule has 1 fully saturated rings. The fourth-order valence-electron chi connectivity index (χ4n) is 1.95. The molecule has 1 heterocycles. The summed E-state index contributed by atoms with van der Waals surface area (Å²) in [6.07, 6.45) is 0. The molecule has 10 heteroatoms. The van der Waals surface area contributed by atoms with E-state index in [9.17, 15) is 9.47 Å². The van der Waals surface area contributed by atoms with E-state index in [1.807, 2.05) is 14.1 Å². The van der Waals surface area contributed by atoms with Gasteiger partial charge in [-0.1, -0.05) is 23.7 Å². The maximum atomic E-state index is 12.6. The molecule has 25 heavy (non-hydrogen) atoms. The van der Waals surface area contributed by atoms with Crippen molar-refractivity contribution in [3.05, 3.63) is 34.9 Å². The van der Waals surface area contributed by atoms with Gasteiger partial charge >= 0.3 is 11.9 Å². The van der Waals surface area contributed by atoms with Gasteiger partial charge in [0.15, 0.2) is 0 Å². The average molecular weight is 405 g/mol. The molecule has 0 saturated carbocycles. The molecule has 0 radical (unpaired) electrons. The zero-order valence-electron chi connectivity index (χ0n) is 13.5. The second kappa shape index (κ2) is 9.20. The highest BCUT2D eigenvalue weighted by atomic mass is 35.5. The van der Waals surface area contributed by atoms with Crippen molar-refractivity contribution in [2.75, 3.05) is 25.6 Å². The van der Waals surface area contributed by atoms with Crippen LogP contribution >= 0.6 is 23.4 Å². The highest BCUT2D eigenvalue weighted by Crippen LogP contribution is 2.44. The quantitative estimate of drug-likeness (QED) is 0.713. The van der Waals surface area contributed by atoms with E-state index in [0.717, 1.165) is 11.3 Å². The van der Waals surface area contributed by atoms with Crippen LogP contribution in [-0.4, -0.2) is 62.9 Å². The summed E-state index contributed by atoms with van der Waals surface area (Å²) in [5.74, 6) is -2.32. The summed E-state index contributed by atoms with van der Waals surface area (Å²) >= 11 is 7.34. The van der Waals surface area contributed by atoms with Gasteiger partial charge in [0, 0.05) is 22.6 Å². The minimum Gasteiger partial charge on any atom is -0.473 e. The van der Waals surface area contributed by atoms with Crippen molar-refractivity contribution < 1.29 is 24.0 Å². The van der Waals surface area contributed by atoms with Crippen LogP contribution in [0.1, 0.15) is 5.56 Å². The molecule has 7 nitrogen and oxygen atoms in total. The number of carbonyl (C=O) groups is 2. The van der Waals surface area contributed by atoms with E-state index in [1.165, 1.54) is 11.8 Å². The molecule has 1 aliphatic heterocycles. The molecule has 0 bridgehead atoms. The van der Waals surface area contributed by atoms with Crippen LogP contribution in [0.15, 0.2) is 24.3 Å². The molecule has 2 N–H and O–H groups in total. The summed E-state index contributed by atoms with van der Waals surface area (Å²) in [4.78, 5) is 20.3. The number of hydrogen-bond donors (Lipinski definition) is 2. The lowest BCUT2D eigenvalue weighted by Crippen LogP contribution is -2.45. The Hall–Kier alpha value is -1.60. The first-order valence-corrected chi connectivity index (χ1v) is 9.64. The largest absolute Gasteiger partial charge is 0.473 e. The number of aliphatic carboxylic acids is 2. The SMILES string of the molecule is CN(C)C1CSC(C#N)(c2ccc(Cl)cc2)S(=O)C1.O=C(O)C(=O)O. The van der Waals surface area contributed by atoms with Gasteiger partial charge < -0.3 is 15.1 Å². The molecule has 0 aliphatic carbocycles. The first-order valence-electron chi connectivity index (χ1n) is 6.96. The minimum absolute atomic E-state index is 0.250. The van der Waals surface area contributed by atoms with Crippen LogP contribution in [0.5, 0.6) is 0 Å². The maximum absolute atomic E-state index is 12.6. The van der Waals surface area contributed by atoms with Crippen LogP contribution in [0.2, 0.25) is 5.02 Å². The smallest absolute Gasteiger partial charge is 0.414 e. The second-order valence-corrected chi connectivity index (χ2v) is 8.85. The Kier molecular flexibility index (Phi) is 7.89. The van der Waals surface area contributed by atoms with Crippen LogP contribution in [0, 0.1) is 11.3 Å². The van der Waals surface area contributed by atoms with Crippen LogP contribution in [0.4, 0.5) is 0 Å². The fraction of sp³-hybridized carbons (Fsp3) is 0.400. The Bertz CT molecular complexity index is 693. The van der Waals surface area contributed by atoms with E-state index >= 15 is 0 Å². The van der Waals surface area contributed by atoms with E-state index in [-0.39, 0.29) is 6.04 Å². The lowest BCUT2D eigenvalue weighted by Gasteiger charge is -2.36. The number of halogens is 1. The van der Waals surface area contributed by atoms with Crippen LogP contribution < -0.4 is 0 Å². The zero-order chi connectivity index (χ0) is 19.2. The first-order chi connectivity index (χ1) is 11.6. The second-order valence-electron chi connectivity index (χ2n) is 5.29. The summed E-state index contributed by atoms with van der Waals surface area (Å²) in [5, 5.41) is 25.0. The number of nitrogens with zero attached hydrogens (tertiary/aromatic N) is 2. The third-order valence-corrected chi connectivity index (χ3v) is 7.53. The van der Waals surface area contributed by atoms with Crippen molar-refractivity contribution in [2.24, 2.45) is 0 Å². The number of carboxylic acids is 2. The Morgan fingerprint density at radius 3 is 2.20 bits per heavy atom. The molecule has 0 aromatic heterocycles. The van der Waals surface area contributed by atoms with Gasteiger partial charge in [0.05, 0.1) is 16.9 Å². The number of benzene rings is 1. The third kappa shape index (κ3) is 5.44. The fourth-order valence-corrected chi connectivity index (χ4v) is 5.87. The van der Waals surface area contributed by atoms with Crippen LogP contribution in [0.3, 0.4) is 0 Å². The Morgan fingerprint density at radius 1 is 1.32 bits per heavy atom. The molecule has 136 valence electrons. The van der Waals surface area contributed by atoms with Gasteiger partial charge in [-0.15, -0.1) is 11.8 Å². The maximum Gasteiger partial charge on any atom is 0.414 e. The molecule has 2 rings (SSSR count). The number of hydrogen-bond acceptors (Lipinski definition) is 6. The van der Waals surface area contributed by atoms with E-state index in [2.05, 4.69) is 11.0 Å². The summed E-state index contributed by atoms with van der Waals surface area (Å²) in [6.45, 7) is 0. The van der Waals surface area contributed by atoms with Crippen molar-refractivity contribution in [1.29, 1.82) is 5.26 Å². The van der Waals surface area contributed by atoms with Crippen molar-refractivity contribution in [1.82, 2.24) is 4.90 Å². The van der Waals surface area contributed by atoms with Crippen molar-refractivity contribution in [2.45, 2.75) is 10.1 Å². The van der Waals surface area contributed by atoms with Gasteiger partial charge in [-0.05, 0) is 31.8 Å². The molecule has 1 aromatic carbocycles. The molecule has 1 aromatic rings. The third-order valence-electron chi connectivity index (χ3n) is 3.43. The summed E-state index contributed by atoms with van der Waals surface area (Å²) in [7, 11) is 2.72. The molecular weight excluding hydrogens is 388 g/mol. The lowest BCUT2D eigenvalue weighted by atomic mass is 10.1. The van der Waals surface area contributed by atoms with E-state index in [4.69, 9.17) is 31.4 Å². The number of rotatable bonds is 2. The molecule has 3 unspecified atom stereocenters. The lowest BCUT2D eigenvalue weighted by molar-refractivity contribution is -0.159. The number of carboxylic acid groups (broad SMARTS) is 2. The van der Waals surface area contributed by atoms with Gasteiger partial charge in [-0.2, -0.15) is 5.26 Å². The summed E-state index contributed by atoms with van der Waals surface area (Å²) in [6, 6.07) is 9.59. The normalized spacial score (nSPS) is 25.4. The predicted octanol–water partition coefficient (Wildman–Crippen LogP) is 1.60. The topological polar surface area (TPSA) is 119 Å². The van der Waals surface area contributed by atoms with Gasteiger partial charge in [0.2, 0.25) is 4.08 Å². The van der Waals surface area contributed by atoms with Crippen molar-refractivity contribution in [3.63, 3.8) is 0 Å². The molecule has 1 saturated heterocycles. The predicted molar refractivity (Wildman–Crippen MR) is 97.0 cm³/mol.